The predicted octanol–water partition coefficient (Wildman–Crippen LogP) is 3.84. The molecule has 0 bridgehead atoms. The van der Waals surface area contributed by atoms with Crippen molar-refractivity contribution in [3.8, 4) is 0 Å². The van der Waals surface area contributed by atoms with Crippen LogP contribution in [0.4, 0.5) is 0 Å². The molecule has 172 valence electrons. The van der Waals surface area contributed by atoms with E-state index in [2.05, 4.69) is 36.0 Å². The highest BCUT2D eigenvalue weighted by molar-refractivity contribution is 14.0. The van der Waals surface area contributed by atoms with Gasteiger partial charge in [0.05, 0.1) is 23.3 Å². The Hall–Kier alpha value is -0.870. The number of benzene rings is 1. The molecule has 0 spiro atoms. The molecule has 0 amide bonds. The van der Waals surface area contributed by atoms with E-state index in [0.29, 0.717) is 11.0 Å². The van der Waals surface area contributed by atoms with Crippen LogP contribution in [-0.2, 0) is 20.0 Å². The molecule has 1 saturated heterocycles. The van der Waals surface area contributed by atoms with Crippen LogP contribution in [0.2, 0.25) is 0 Å². The van der Waals surface area contributed by atoms with Crippen molar-refractivity contribution in [2.24, 2.45) is 4.99 Å². The van der Waals surface area contributed by atoms with Crippen LogP contribution in [0.3, 0.4) is 0 Å². The monoisotopic (exact) mass is 551 g/mol. The Balaban J connectivity index is 0.00000450. The number of nitrogens with zero attached hydrogens (tertiary/aromatic N) is 2. The summed E-state index contributed by atoms with van der Waals surface area (Å²) in [5.41, 5.74) is 1.13. The van der Waals surface area contributed by atoms with Crippen molar-refractivity contribution in [2.75, 3.05) is 38.5 Å². The van der Waals surface area contributed by atoms with Crippen LogP contribution in [-0.4, -0.2) is 63.9 Å². The lowest BCUT2D eigenvalue weighted by Gasteiger charge is -2.34. The van der Waals surface area contributed by atoms with E-state index in [0.717, 1.165) is 50.6 Å². The summed E-state index contributed by atoms with van der Waals surface area (Å²) in [5.74, 6) is 0.798. The molecular weight excluding hydrogens is 513 g/mol. The minimum Gasteiger partial charge on any atom is -0.378 e. The Labute approximate surface area is 199 Å². The maximum absolute atomic E-state index is 12.7. The molecule has 0 aromatic heterocycles. The summed E-state index contributed by atoms with van der Waals surface area (Å²) < 4.78 is 31.1. The lowest BCUT2D eigenvalue weighted by molar-refractivity contribution is 0.0264. The van der Waals surface area contributed by atoms with Gasteiger partial charge in [0.15, 0.2) is 15.8 Å². The second kappa shape index (κ2) is 12.2. The van der Waals surface area contributed by atoms with Crippen LogP contribution < -0.4 is 5.32 Å². The van der Waals surface area contributed by atoms with Gasteiger partial charge in [-0.1, -0.05) is 32.9 Å². The Bertz CT molecular complexity index is 766. The van der Waals surface area contributed by atoms with Crippen LogP contribution in [0.5, 0.6) is 0 Å². The van der Waals surface area contributed by atoms with Gasteiger partial charge in [0.25, 0.3) is 0 Å². The number of halogens is 1. The van der Waals surface area contributed by atoms with E-state index in [4.69, 9.17) is 4.74 Å². The van der Waals surface area contributed by atoms with Gasteiger partial charge in [-0.25, -0.2) is 8.42 Å². The van der Waals surface area contributed by atoms with Gasteiger partial charge >= 0.3 is 0 Å². The lowest BCUT2D eigenvalue weighted by atomic mass is 9.87. The molecule has 1 heterocycles. The molecule has 1 N–H and O–H groups in total. The van der Waals surface area contributed by atoms with Gasteiger partial charge in [-0.05, 0) is 49.8 Å². The first-order chi connectivity index (χ1) is 13.7. The molecule has 2 rings (SSSR count). The second-order valence-corrected chi connectivity index (χ2v) is 10.6. The molecule has 0 unspecified atom stereocenters. The summed E-state index contributed by atoms with van der Waals surface area (Å²) >= 11 is 0. The number of hydrogen-bond donors (Lipinski definition) is 1. The van der Waals surface area contributed by atoms with Crippen LogP contribution in [0.25, 0.3) is 0 Å². The van der Waals surface area contributed by atoms with E-state index >= 15 is 0 Å². The Kier molecular flexibility index (Phi) is 11.1. The fourth-order valence-corrected chi connectivity index (χ4v) is 4.57. The van der Waals surface area contributed by atoms with E-state index in [1.54, 1.807) is 12.1 Å². The number of rotatable bonds is 7. The molecule has 6 nitrogen and oxygen atoms in total. The molecular formula is C22H38IN3O3S. The van der Waals surface area contributed by atoms with E-state index in [1.165, 1.54) is 0 Å². The number of sulfone groups is 1. The highest BCUT2D eigenvalue weighted by Gasteiger charge is 2.22. The van der Waals surface area contributed by atoms with E-state index in [-0.39, 0.29) is 41.7 Å². The Morgan fingerprint density at radius 2 is 1.77 bits per heavy atom. The first-order valence-electron chi connectivity index (χ1n) is 10.7. The number of likely N-dealkylation sites (tertiary alicyclic amines) is 1. The van der Waals surface area contributed by atoms with Crippen LogP contribution in [0.1, 0.15) is 53.0 Å². The van der Waals surface area contributed by atoms with Crippen molar-refractivity contribution in [2.45, 2.75) is 63.9 Å². The molecule has 0 saturated carbocycles. The zero-order valence-corrected chi connectivity index (χ0v) is 22.1. The lowest BCUT2D eigenvalue weighted by Crippen LogP contribution is -2.47. The van der Waals surface area contributed by atoms with Crippen molar-refractivity contribution in [3.63, 3.8) is 0 Å². The summed E-state index contributed by atoms with van der Waals surface area (Å²) in [5, 5.41) is 3.29. The number of aliphatic imine (C=N–C) groups is 1. The fourth-order valence-electron chi connectivity index (χ4n) is 3.45. The zero-order chi connectivity index (χ0) is 21.5. The number of hydrogen-bond acceptors (Lipinski definition) is 4. The smallest absolute Gasteiger partial charge is 0.193 e. The van der Waals surface area contributed by atoms with Crippen LogP contribution in [0, 0.1) is 0 Å². The van der Waals surface area contributed by atoms with Gasteiger partial charge < -0.3 is 15.0 Å². The number of piperidine rings is 1. The summed E-state index contributed by atoms with van der Waals surface area (Å²) in [6.07, 6.45) is 2.25. The third-order valence-corrected chi connectivity index (χ3v) is 6.89. The first-order valence-corrected chi connectivity index (χ1v) is 12.3. The molecule has 1 aliphatic rings. The number of ether oxygens (including phenoxy) is 1. The Morgan fingerprint density at radius 3 is 2.27 bits per heavy atom. The van der Waals surface area contributed by atoms with Crippen molar-refractivity contribution < 1.29 is 13.2 Å². The topological polar surface area (TPSA) is 71.0 Å². The average Bonchev–Trinajstić information content (AvgIpc) is 2.68. The largest absolute Gasteiger partial charge is 0.378 e. The Morgan fingerprint density at radius 1 is 1.17 bits per heavy atom. The quantitative estimate of drug-likeness (QED) is 0.317. The third-order valence-electron chi connectivity index (χ3n) is 5.18. The molecule has 8 heteroatoms. The normalized spacial score (nSPS) is 16.3. The maximum Gasteiger partial charge on any atom is 0.193 e. The van der Waals surface area contributed by atoms with Crippen molar-refractivity contribution in [1.29, 1.82) is 0 Å². The van der Waals surface area contributed by atoms with Gasteiger partial charge in [0.1, 0.15) is 0 Å². The van der Waals surface area contributed by atoms with Crippen molar-refractivity contribution in [3.05, 3.63) is 29.8 Å². The van der Waals surface area contributed by atoms with Gasteiger partial charge in [-0.3, -0.25) is 4.99 Å². The van der Waals surface area contributed by atoms with Crippen molar-refractivity contribution >= 4 is 39.8 Å². The molecule has 1 aromatic rings. The molecule has 1 aliphatic heterocycles. The van der Waals surface area contributed by atoms with E-state index in [9.17, 15) is 8.42 Å². The third kappa shape index (κ3) is 8.00. The molecule has 1 fully saturated rings. The molecule has 0 atom stereocenters. The standard InChI is InChI=1S/C22H37N3O3S.HI/c1-6-23-21(25-15-12-19(13-16-25)28-7-2)24-14-17-29(26,27)20-10-8-18(9-11-20)22(3,4)5;/h8-11,19H,6-7,12-17H2,1-5H3,(H,23,24);1H. The summed E-state index contributed by atoms with van der Waals surface area (Å²) in [6.45, 7) is 13.9. The van der Waals surface area contributed by atoms with Crippen LogP contribution in [0.15, 0.2) is 34.2 Å². The minimum atomic E-state index is -3.35. The van der Waals surface area contributed by atoms with Gasteiger partial charge in [0, 0.05) is 26.2 Å². The summed E-state index contributed by atoms with van der Waals surface area (Å²) in [4.78, 5) is 7.15. The number of nitrogens with one attached hydrogen (secondary N) is 1. The molecule has 0 radical (unpaired) electrons. The summed E-state index contributed by atoms with van der Waals surface area (Å²) in [6, 6.07) is 7.23. The van der Waals surface area contributed by atoms with Crippen molar-refractivity contribution in [1.82, 2.24) is 10.2 Å². The highest BCUT2D eigenvalue weighted by atomic mass is 127. The van der Waals surface area contributed by atoms with Gasteiger partial charge in [0.2, 0.25) is 0 Å². The molecule has 1 aromatic carbocycles. The van der Waals surface area contributed by atoms with Gasteiger partial charge in [-0.15, -0.1) is 24.0 Å². The molecule has 30 heavy (non-hydrogen) atoms. The minimum absolute atomic E-state index is 0. The SMILES string of the molecule is CCNC(=NCCS(=O)(=O)c1ccc(C(C)(C)C)cc1)N1CCC(OCC)CC1.I. The fraction of sp³-hybridized carbons (Fsp3) is 0.682. The zero-order valence-electron chi connectivity index (χ0n) is 19.0. The average molecular weight is 552 g/mol. The highest BCUT2D eigenvalue weighted by Crippen LogP contribution is 2.23. The summed E-state index contributed by atoms with van der Waals surface area (Å²) in [7, 11) is -3.35. The van der Waals surface area contributed by atoms with E-state index in [1.807, 2.05) is 26.0 Å². The first kappa shape index (κ1) is 27.2. The van der Waals surface area contributed by atoms with Gasteiger partial charge in [-0.2, -0.15) is 0 Å². The molecule has 0 aliphatic carbocycles. The van der Waals surface area contributed by atoms with E-state index < -0.39 is 9.84 Å². The predicted molar refractivity (Wildman–Crippen MR) is 135 cm³/mol. The second-order valence-electron chi connectivity index (χ2n) is 8.47. The maximum atomic E-state index is 12.7. The van der Waals surface area contributed by atoms with Crippen LogP contribution >= 0.6 is 24.0 Å². The number of guanidine groups is 1.